The highest BCUT2D eigenvalue weighted by molar-refractivity contribution is 4.87. The van der Waals surface area contributed by atoms with Crippen molar-refractivity contribution in [3.63, 3.8) is 0 Å². The van der Waals surface area contributed by atoms with Gasteiger partial charge in [-0.2, -0.15) is 0 Å². The maximum Gasteiger partial charge on any atom is 0.0474 e. The molecule has 2 heteroatoms. The Morgan fingerprint density at radius 3 is 2.50 bits per heavy atom. The second kappa shape index (κ2) is 7.29. The lowest BCUT2D eigenvalue weighted by molar-refractivity contribution is 0.187. The van der Waals surface area contributed by atoms with Crippen LogP contribution in [0.5, 0.6) is 0 Å². The molecule has 0 aromatic carbocycles. The molecule has 2 nitrogen and oxygen atoms in total. The Labute approximate surface area is 101 Å². The Kier molecular flexibility index (Phi) is 6.37. The number of methoxy groups -OCH3 is 1. The molecule has 0 saturated heterocycles. The summed E-state index contributed by atoms with van der Waals surface area (Å²) in [4.78, 5) is 0. The summed E-state index contributed by atoms with van der Waals surface area (Å²) in [6, 6.07) is 0. The van der Waals surface area contributed by atoms with E-state index in [9.17, 15) is 0 Å². The summed E-state index contributed by atoms with van der Waals surface area (Å²) in [5, 5.41) is 3.63. The van der Waals surface area contributed by atoms with Crippen LogP contribution in [0.3, 0.4) is 0 Å². The summed E-state index contributed by atoms with van der Waals surface area (Å²) >= 11 is 0. The average Bonchev–Trinajstić information content (AvgIpc) is 2.65. The van der Waals surface area contributed by atoms with Crippen LogP contribution in [0, 0.1) is 11.3 Å². The Bertz CT molecular complexity index is 174. The second-order valence-corrected chi connectivity index (χ2v) is 5.83. The minimum atomic E-state index is 0.612. The molecule has 0 unspecified atom stereocenters. The molecule has 0 amide bonds. The van der Waals surface area contributed by atoms with E-state index in [0.29, 0.717) is 5.41 Å². The van der Waals surface area contributed by atoms with Gasteiger partial charge < -0.3 is 10.1 Å². The lowest BCUT2D eigenvalue weighted by atomic mass is 9.78. The predicted molar refractivity (Wildman–Crippen MR) is 69.7 cm³/mol. The first-order valence-corrected chi connectivity index (χ1v) is 6.88. The zero-order chi connectivity index (χ0) is 11.9. The zero-order valence-corrected chi connectivity index (χ0v) is 11.3. The molecule has 0 heterocycles. The van der Waals surface area contributed by atoms with Gasteiger partial charge in [-0.25, -0.2) is 0 Å². The van der Waals surface area contributed by atoms with Crippen LogP contribution in [0.4, 0.5) is 0 Å². The highest BCUT2D eigenvalue weighted by Crippen LogP contribution is 2.42. The fourth-order valence-electron chi connectivity index (χ4n) is 3.14. The number of hydrogen-bond acceptors (Lipinski definition) is 2. The molecule has 16 heavy (non-hydrogen) atoms. The largest absolute Gasteiger partial charge is 0.385 e. The molecule has 0 aromatic heterocycles. The van der Waals surface area contributed by atoms with E-state index in [1.54, 1.807) is 7.11 Å². The minimum Gasteiger partial charge on any atom is -0.385 e. The molecular weight excluding hydrogens is 198 g/mol. The number of ether oxygens (including phenoxy) is 1. The molecule has 0 aromatic rings. The zero-order valence-electron chi connectivity index (χ0n) is 11.3. The van der Waals surface area contributed by atoms with Crippen molar-refractivity contribution in [1.29, 1.82) is 0 Å². The third kappa shape index (κ3) is 4.84. The van der Waals surface area contributed by atoms with Gasteiger partial charge in [-0.1, -0.05) is 26.7 Å². The molecule has 1 rings (SSSR count). The molecule has 1 aliphatic rings. The van der Waals surface area contributed by atoms with Gasteiger partial charge in [0.25, 0.3) is 0 Å². The van der Waals surface area contributed by atoms with Gasteiger partial charge in [0.1, 0.15) is 0 Å². The van der Waals surface area contributed by atoms with Crippen LogP contribution in [-0.4, -0.2) is 26.8 Å². The summed E-state index contributed by atoms with van der Waals surface area (Å²) in [5.74, 6) is 0.832. The van der Waals surface area contributed by atoms with E-state index < -0.39 is 0 Å². The van der Waals surface area contributed by atoms with Crippen molar-refractivity contribution in [3.05, 3.63) is 0 Å². The molecule has 0 bridgehead atoms. The van der Waals surface area contributed by atoms with Crippen molar-refractivity contribution in [2.24, 2.45) is 11.3 Å². The molecule has 0 atom stereocenters. The van der Waals surface area contributed by atoms with Crippen LogP contribution < -0.4 is 5.32 Å². The molecule has 1 saturated carbocycles. The predicted octanol–water partition coefficient (Wildman–Crippen LogP) is 3.22. The monoisotopic (exact) mass is 227 g/mol. The van der Waals surface area contributed by atoms with E-state index in [4.69, 9.17) is 4.74 Å². The quantitative estimate of drug-likeness (QED) is 0.643. The minimum absolute atomic E-state index is 0.612. The maximum absolute atomic E-state index is 5.06. The van der Waals surface area contributed by atoms with Gasteiger partial charge in [0.15, 0.2) is 0 Å². The first-order valence-electron chi connectivity index (χ1n) is 6.88. The summed E-state index contributed by atoms with van der Waals surface area (Å²) < 4.78 is 5.06. The number of rotatable bonds is 8. The van der Waals surface area contributed by atoms with Crippen molar-refractivity contribution in [3.8, 4) is 0 Å². The van der Waals surface area contributed by atoms with Crippen molar-refractivity contribution in [2.45, 2.75) is 52.4 Å². The van der Waals surface area contributed by atoms with Crippen LogP contribution in [0.15, 0.2) is 0 Å². The first-order chi connectivity index (χ1) is 7.68. The van der Waals surface area contributed by atoms with Gasteiger partial charge in [-0.05, 0) is 43.6 Å². The van der Waals surface area contributed by atoms with E-state index in [1.807, 2.05) is 0 Å². The van der Waals surface area contributed by atoms with Crippen molar-refractivity contribution in [1.82, 2.24) is 5.32 Å². The fourth-order valence-corrected chi connectivity index (χ4v) is 3.14. The third-order valence-electron chi connectivity index (χ3n) is 3.71. The molecule has 1 aliphatic carbocycles. The molecule has 0 radical (unpaired) electrons. The summed E-state index contributed by atoms with van der Waals surface area (Å²) in [6.07, 6.45) is 8.27. The molecule has 0 spiro atoms. The highest BCUT2D eigenvalue weighted by Gasteiger charge is 2.33. The number of nitrogens with one attached hydrogen (secondary N) is 1. The van der Waals surface area contributed by atoms with E-state index in [0.717, 1.165) is 25.5 Å². The Morgan fingerprint density at radius 1 is 1.25 bits per heavy atom. The molecule has 1 fully saturated rings. The lowest BCUT2D eigenvalue weighted by Crippen LogP contribution is -2.34. The van der Waals surface area contributed by atoms with Crippen LogP contribution in [0.2, 0.25) is 0 Å². The average molecular weight is 227 g/mol. The summed E-state index contributed by atoms with van der Waals surface area (Å²) in [6.45, 7) is 7.91. The van der Waals surface area contributed by atoms with E-state index in [1.165, 1.54) is 38.6 Å². The molecule has 1 N–H and O–H groups in total. The van der Waals surface area contributed by atoms with Crippen molar-refractivity contribution >= 4 is 0 Å². The van der Waals surface area contributed by atoms with E-state index in [2.05, 4.69) is 19.2 Å². The van der Waals surface area contributed by atoms with Crippen LogP contribution >= 0.6 is 0 Å². The second-order valence-electron chi connectivity index (χ2n) is 5.83. The molecular formula is C14H29NO. The van der Waals surface area contributed by atoms with Crippen molar-refractivity contribution in [2.75, 3.05) is 26.8 Å². The topological polar surface area (TPSA) is 21.3 Å². The fraction of sp³-hybridized carbons (Fsp3) is 1.00. The Morgan fingerprint density at radius 2 is 1.94 bits per heavy atom. The van der Waals surface area contributed by atoms with Crippen LogP contribution in [-0.2, 0) is 4.74 Å². The lowest BCUT2D eigenvalue weighted by Gasteiger charge is -2.31. The van der Waals surface area contributed by atoms with E-state index in [-0.39, 0.29) is 0 Å². The third-order valence-corrected chi connectivity index (χ3v) is 3.71. The Balaban J connectivity index is 2.22. The SMILES string of the molecule is COCCCNCC1(CC(C)C)CCCC1. The number of hydrogen-bond donors (Lipinski definition) is 1. The van der Waals surface area contributed by atoms with Gasteiger partial charge in [0.05, 0.1) is 0 Å². The van der Waals surface area contributed by atoms with E-state index >= 15 is 0 Å². The van der Waals surface area contributed by atoms with Crippen LogP contribution in [0.25, 0.3) is 0 Å². The maximum atomic E-state index is 5.06. The van der Waals surface area contributed by atoms with Gasteiger partial charge in [-0.3, -0.25) is 0 Å². The van der Waals surface area contributed by atoms with Crippen LogP contribution in [0.1, 0.15) is 52.4 Å². The smallest absolute Gasteiger partial charge is 0.0474 e. The summed E-state index contributed by atoms with van der Waals surface area (Å²) in [7, 11) is 1.78. The molecule has 96 valence electrons. The standard InChI is InChI=1S/C14H29NO/c1-13(2)11-14(7-4-5-8-14)12-15-9-6-10-16-3/h13,15H,4-12H2,1-3H3. The van der Waals surface area contributed by atoms with Gasteiger partial charge >= 0.3 is 0 Å². The highest BCUT2D eigenvalue weighted by atomic mass is 16.5. The summed E-state index contributed by atoms with van der Waals surface area (Å²) in [5.41, 5.74) is 0.612. The van der Waals surface area contributed by atoms with Gasteiger partial charge in [0, 0.05) is 20.3 Å². The van der Waals surface area contributed by atoms with Gasteiger partial charge in [-0.15, -0.1) is 0 Å². The first kappa shape index (κ1) is 14.0. The van der Waals surface area contributed by atoms with Gasteiger partial charge in [0.2, 0.25) is 0 Å². The Hall–Kier alpha value is -0.0800. The van der Waals surface area contributed by atoms with Crippen molar-refractivity contribution < 1.29 is 4.74 Å². The molecule has 0 aliphatic heterocycles. The normalized spacial score (nSPS) is 19.5.